The molecule has 0 aliphatic carbocycles. The maximum atomic E-state index is 13.7. The van der Waals surface area contributed by atoms with E-state index >= 15 is 0 Å². The lowest BCUT2D eigenvalue weighted by molar-refractivity contribution is -0.133. The molecule has 0 saturated carbocycles. The molecular weight excluding hydrogens is 590 g/mol. The topological polar surface area (TPSA) is 208 Å². The highest BCUT2D eigenvalue weighted by molar-refractivity contribution is 7.09. The number of carbonyl (C=O) groups excluding carboxylic acids is 4. The predicted octanol–water partition coefficient (Wildman–Crippen LogP) is 1.60. The summed E-state index contributed by atoms with van der Waals surface area (Å²) in [4.78, 5) is 53.6. The SMILES string of the molecule is NCCCCCC(NC(=O)C(N)CCCCN)C(=O)NC(Cc1ccc2ccccc2c1)C(=O)NC(Cc1cccs1)C(N)=O. The van der Waals surface area contributed by atoms with Gasteiger partial charge in [0.15, 0.2) is 0 Å². The molecule has 244 valence electrons. The van der Waals surface area contributed by atoms with E-state index in [1.54, 1.807) is 0 Å². The summed E-state index contributed by atoms with van der Waals surface area (Å²) in [5.74, 6) is -2.18. The minimum atomic E-state index is -1.05. The predicted molar refractivity (Wildman–Crippen MR) is 179 cm³/mol. The van der Waals surface area contributed by atoms with Crippen LogP contribution in [0.2, 0.25) is 0 Å². The zero-order chi connectivity index (χ0) is 32.6. The minimum absolute atomic E-state index is 0.152. The van der Waals surface area contributed by atoms with Crippen LogP contribution >= 0.6 is 11.3 Å². The van der Waals surface area contributed by atoms with E-state index in [9.17, 15) is 19.2 Å². The Hall–Kier alpha value is -3.84. The second-order valence-electron chi connectivity index (χ2n) is 11.3. The van der Waals surface area contributed by atoms with Crippen molar-refractivity contribution in [2.45, 2.75) is 82.0 Å². The molecule has 1 heterocycles. The summed E-state index contributed by atoms with van der Waals surface area (Å²) >= 11 is 1.45. The molecule has 3 aromatic rings. The average Bonchev–Trinajstić information content (AvgIpc) is 3.55. The Morgan fingerprint density at radius 3 is 2.00 bits per heavy atom. The van der Waals surface area contributed by atoms with Crippen molar-refractivity contribution < 1.29 is 19.2 Å². The van der Waals surface area contributed by atoms with Gasteiger partial charge in [-0.05, 0) is 66.6 Å². The van der Waals surface area contributed by atoms with Crippen LogP contribution in [0.25, 0.3) is 10.8 Å². The Kier molecular flexibility index (Phi) is 14.9. The summed E-state index contributed by atoms with van der Waals surface area (Å²) in [6, 6.07) is 13.7. The van der Waals surface area contributed by atoms with Gasteiger partial charge >= 0.3 is 0 Å². The largest absolute Gasteiger partial charge is 0.368 e. The highest BCUT2D eigenvalue weighted by Gasteiger charge is 2.30. The molecular formula is C33H47N7O4S. The van der Waals surface area contributed by atoms with Crippen molar-refractivity contribution in [3.63, 3.8) is 0 Å². The molecule has 12 heteroatoms. The van der Waals surface area contributed by atoms with Crippen LogP contribution in [0.3, 0.4) is 0 Å². The zero-order valence-electron chi connectivity index (χ0n) is 25.7. The van der Waals surface area contributed by atoms with Gasteiger partial charge in [0.05, 0.1) is 6.04 Å². The Morgan fingerprint density at radius 2 is 1.31 bits per heavy atom. The molecule has 1 aromatic heterocycles. The van der Waals surface area contributed by atoms with Crippen molar-refractivity contribution in [2.24, 2.45) is 22.9 Å². The Balaban J connectivity index is 1.82. The molecule has 4 unspecified atom stereocenters. The number of hydrogen-bond acceptors (Lipinski definition) is 8. The van der Waals surface area contributed by atoms with E-state index in [-0.39, 0.29) is 12.8 Å². The maximum absolute atomic E-state index is 13.7. The molecule has 0 radical (unpaired) electrons. The van der Waals surface area contributed by atoms with Crippen molar-refractivity contribution in [1.82, 2.24) is 16.0 Å². The van der Waals surface area contributed by atoms with E-state index in [4.69, 9.17) is 22.9 Å². The third-order valence-electron chi connectivity index (χ3n) is 7.67. The number of primary amides is 1. The number of thiophene rings is 1. The zero-order valence-corrected chi connectivity index (χ0v) is 26.5. The molecule has 11 nitrogen and oxygen atoms in total. The van der Waals surface area contributed by atoms with Crippen LogP contribution in [0.4, 0.5) is 0 Å². The van der Waals surface area contributed by atoms with Crippen molar-refractivity contribution >= 4 is 45.7 Å². The molecule has 0 fully saturated rings. The first-order valence-corrected chi connectivity index (χ1v) is 16.5. The summed E-state index contributed by atoms with van der Waals surface area (Å²) < 4.78 is 0. The molecule has 4 amide bonds. The number of rotatable bonds is 20. The Labute approximate surface area is 268 Å². The van der Waals surface area contributed by atoms with Crippen molar-refractivity contribution in [3.05, 3.63) is 70.4 Å². The molecule has 0 spiro atoms. The number of benzene rings is 2. The van der Waals surface area contributed by atoms with E-state index in [2.05, 4.69) is 16.0 Å². The van der Waals surface area contributed by atoms with Crippen molar-refractivity contribution in [3.8, 4) is 0 Å². The van der Waals surface area contributed by atoms with Gasteiger partial charge in [-0.15, -0.1) is 11.3 Å². The maximum Gasteiger partial charge on any atom is 0.243 e. The van der Waals surface area contributed by atoms with E-state index in [1.165, 1.54) is 11.3 Å². The highest BCUT2D eigenvalue weighted by Crippen LogP contribution is 2.18. The van der Waals surface area contributed by atoms with Gasteiger partial charge in [-0.2, -0.15) is 0 Å². The van der Waals surface area contributed by atoms with Gasteiger partial charge in [-0.25, -0.2) is 0 Å². The number of amides is 4. The van der Waals surface area contributed by atoms with E-state index in [1.807, 2.05) is 60.0 Å². The van der Waals surface area contributed by atoms with Crippen LogP contribution in [0.15, 0.2) is 60.0 Å². The Bertz CT molecular complexity index is 1380. The second kappa shape index (κ2) is 18.8. The van der Waals surface area contributed by atoms with Gasteiger partial charge in [-0.1, -0.05) is 67.8 Å². The van der Waals surface area contributed by atoms with Gasteiger partial charge in [0.2, 0.25) is 23.6 Å². The lowest BCUT2D eigenvalue weighted by Gasteiger charge is -2.26. The standard InChI is InChI=1S/C33H47N7O4S/c34-16-6-1-2-13-27(38-31(42)26(36)12-5-7-17-35)32(43)40-29(20-22-14-15-23-9-3-4-10-24(23)19-22)33(44)39-28(30(37)41)21-25-11-8-18-45-25/h3-4,8-11,14-15,18-19,26-29H,1-2,5-7,12-13,16-17,20-21,34-36H2,(H2,37,41)(H,38,42)(H,39,44)(H,40,43). The normalized spacial score (nSPS) is 13.8. The number of carbonyl (C=O) groups is 4. The number of nitrogens with two attached hydrogens (primary N) is 4. The molecule has 0 aliphatic heterocycles. The molecule has 11 N–H and O–H groups in total. The van der Waals surface area contributed by atoms with E-state index in [0.29, 0.717) is 38.8 Å². The number of nitrogens with one attached hydrogen (secondary N) is 3. The summed E-state index contributed by atoms with van der Waals surface area (Å²) in [5, 5.41) is 12.3. The monoisotopic (exact) mass is 637 g/mol. The lowest BCUT2D eigenvalue weighted by Crippen LogP contribution is -2.58. The van der Waals surface area contributed by atoms with Gasteiger partial charge in [0.1, 0.15) is 18.1 Å². The highest BCUT2D eigenvalue weighted by atomic mass is 32.1. The minimum Gasteiger partial charge on any atom is -0.368 e. The molecule has 3 rings (SSSR count). The fourth-order valence-electron chi connectivity index (χ4n) is 5.06. The van der Waals surface area contributed by atoms with E-state index < -0.39 is 47.8 Å². The van der Waals surface area contributed by atoms with Gasteiger partial charge in [0.25, 0.3) is 0 Å². The third kappa shape index (κ3) is 11.9. The number of hydrogen-bond donors (Lipinski definition) is 7. The average molecular weight is 638 g/mol. The van der Waals surface area contributed by atoms with Crippen molar-refractivity contribution in [2.75, 3.05) is 13.1 Å². The van der Waals surface area contributed by atoms with Crippen LogP contribution in [0.1, 0.15) is 55.4 Å². The van der Waals surface area contributed by atoms with Crippen LogP contribution in [0, 0.1) is 0 Å². The molecule has 0 aliphatic rings. The fraction of sp³-hybridized carbons (Fsp3) is 0.455. The van der Waals surface area contributed by atoms with Crippen LogP contribution < -0.4 is 38.9 Å². The third-order valence-corrected chi connectivity index (χ3v) is 8.57. The smallest absolute Gasteiger partial charge is 0.243 e. The van der Waals surface area contributed by atoms with E-state index in [0.717, 1.165) is 40.5 Å². The quantitative estimate of drug-likeness (QED) is 0.0910. The molecule has 45 heavy (non-hydrogen) atoms. The first kappa shape index (κ1) is 35.6. The van der Waals surface area contributed by atoms with Gasteiger partial charge in [-0.3, -0.25) is 19.2 Å². The molecule has 0 bridgehead atoms. The van der Waals surface area contributed by atoms with Gasteiger partial charge < -0.3 is 38.9 Å². The fourth-order valence-corrected chi connectivity index (χ4v) is 5.82. The molecule has 0 saturated heterocycles. The second-order valence-corrected chi connectivity index (χ2v) is 12.3. The number of unbranched alkanes of at least 4 members (excludes halogenated alkanes) is 3. The summed E-state index contributed by atoms with van der Waals surface area (Å²) in [5.41, 5.74) is 23.8. The molecule has 2 aromatic carbocycles. The summed E-state index contributed by atoms with van der Waals surface area (Å²) in [6.07, 6.45) is 4.82. The molecule has 4 atom stereocenters. The van der Waals surface area contributed by atoms with Crippen LogP contribution in [0.5, 0.6) is 0 Å². The Morgan fingerprint density at radius 1 is 0.667 bits per heavy atom. The first-order valence-electron chi connectivity index (χ1n) is 15.6. The lowest BCUT2D eigenvalue weighted by atomic mass is 9.99. The van der Waals surface area contributed by atoms with Crippen LogP contribution in [-0.2, 0) is 32.0 Å². The van der Waals surface area contributed by atoms with Crippen LogP contribution in [-0.4, -0.2) is 60.9 Å². The summed E-state index contributed by atoms with van der Waals surface area (Å²) in [6.45, 7) is 1.03. The number of fused-ring (bicyclic) bond motifs is 1. The van der Waals surface area contributed by atoms with Gasteiger partial charge in [0, 0.05) is 17.7 Å². The first-order chi connectivity index (χ1) is 21.7. The van der Waals surface area contributed by atoms with Crippen molar-refractivity contribution in [1.29, 1.82) is 0 Å². The summed E-state index contributed by atoms with van der Waals surface area (Å²) in [7, 11) is 0.